The summed E-state index contributed by atoms with van der Waals surface area (Å²) in [5.41, 5.74) is 2.09. The molecule has 0 fully saturated rings. The summed E-state index contributed by atoms with van der Waals surface area (Å²) < 4.78 is 0. The molecular weight excluding hydrogens is 313 g/mol. The molecule has 0 radical (unpaired) electrons. The number of rotatable bonds is 5. The first-order valence-electron chi connectivity index (χ1n) is 6.54. The van der Waals surface area contributed by atoms with Gasteiger partial charge in [-0.1, -0.05) is 72.1 Å². The van der Waals surface area contributed by atoms with Gasteiger partial charge in [0.15, 0.2) is 0 Å². The van der Waals surface area contributed by atoms with E-state index >= 15 is 0 Å². The van der Waals surface area contributed by atoms with Crippen molar-refractivity contribution in [1.82, 2.24) is 5.32 Å². The van der Waals surface area contributed by atoms with E-state index in [9.17, 15) is 0 Å². The number of hydrogen-bond acceptors (Lipinski definition) is 1. The van der Waals surface area contributed by atoms with E-state index in [2.05, 4.69) is 12.2 Å². The Bertz CT molecular complexity index is 584. The molecule has 0 aliphatic rings. The Kier molecular flexibility index (Phi) is 5.74. The van der Waals surface area contributed by atoms with E-state index in [1.54, 1.807) is 6.07 Å². The minimum Gasteiger partial charge on any atom is -0.310 e. The van der Waals surface area contributed by atoms with Crippen LogP contribution in [0, 0.1) is 0 Å². The van der Waals surface area contributed by atoms with E-state index < -0.39 is 0 Å². The molecule has 0 bridgehead atoms. The summed E-state index contributed by atoms with van der Waals surface area (Å²) in [6.45, 7) is 2.93. The van der Waals surface area contributed by atoms with Gasteiger partial charge in [0.25, 0.3) is 0 Å². The zero-order chi connectivity index (χ0) is 14.5. The summed E-state index contributed by atoms with van der Waals surface area (Å²) in [4.78, 5) is 0. The van der Waals surface area contributed by atoms with Crippen LogP contribution >= 0.6 is 34.8 Å². The van der Waals surface area contributed by atoms with Gasteiger partial charge >= 0.3 is 0 Å². The highest BCUT2D eigenvalue weighted by Gasteiger charge is 2.16. The first kappa shape index (κ1) is 15.7. The standard InChI is InChI=1S/C16H16Cl3N/c1-2-20-15(12-7-3-4-8-13(12)17)10-11-6-5-9-14(18)16(11)19/h3-9,15,20H,2,10H2,1H3. The molecule has 20 heavy (non-hydrogen) atoms. The summed E-state index contributed by atoms with van der Waals surface area (Å²) in [6.07, 6.45) is 0.747. The van der Waals surface area contributed by atoms with Gasteiger partial charge in [0.05, 0.1) is 10.0 Å². The van der Waals surface area contributed by atoms with E-state index in [0.717, 1.165) is 29.1 Å². The van der Waals surface area contributed by atoms with Gasteiger partial charge in [-0.3, -0.25) is 0 Å². The monoisotopic (exact) mass is 327 g/mol. The third-order valence-corrected chi connectivity index (χ3v) is 4.39. The molecule has 0 heterocycles. The van der Waals surface area contributed by atoms with E-state index in [1.165, 1.54) is 0 Å². The molecule has 1 unspecified atom stereocenters. The van der Waals surface area contributed by atoms with Crippen LogP contribution in [-0.2, 0) is 6.42 Å². The molecule has 2 rings (SSSR count). The molecule has 106 valence electrons. The number of halogens is 3. The van der Waals surface area contributed by atoms with E-state index in [0.29, 0.717) is 10.0 Å². The molecule has 1 N–H and O–H groups in total. The van der Waals surface area contributed by atoms with Crippen LogP contribution in [0.4, 0.5) is 0 Å². The maximum absolute atomic E-state index is 6.29. The summed E-state index contributed by atoms with van der Waals surface area (Å²) >= 11 is 18.6. The SMILES string of the molecule is CCNC(Cc1cccc(Cl)c1Cl)c1ccccc1Cl. The van der Waals surface area contributed by atoms with Crippen molar-refractivity contribution >= 4 is 34.8 Å². The minimum absolute atomic E-state index is 0.115. The van der Waals surface area contributed by atoms with Gasteiger partial charge in [0, 0.05) is 11.1 Å². The van der Waals surface area contributed by atoms with Crippen LogP contribution in [-0.4, -0.2) is 6.54 Å². The van der Waals surface area contributed by atoms with Crippen LogP contribution in [0.3, 0.4) is 0 Å². The molecule has 0 saturated carbocycles. The Hall–Kier alpha value is -0.730. The molecule has 0 spiro atoms. The van der Waals surface area contributed by atoms with Gasteiger partial charge in [0.2, 0.25) is 0 Å². The third-order valence-electron chi connectivity index (χ3n) is 3.19. The Labute approximate surface area is 134 Å². The highest BCUT2D eigenvalue weighted by Crippen LogP contribution is 2.31. The van der Waals surface area contributed by atoms with Crippen molar-refractivity contribution in [3.8, 4) is 0 Å². The molecule has 2 aromatic rings. The fraction of sp³-hybridized carbons (Fsp3) is 0.250. The smallest absolute Gasteiger partial charge is 0.0624 e. The lowest BCUT2D eigenvalue weighted by Crippen LogP contribution is -2.23. The molecule has 2 aromatic carbocycles. The Morgan fingerprint density at radius 2 is 1.65 bits per heavy atom. The van der Waals surface area contributed by atoms with E-state index in [-0.39, 0.29) is 6.04 Å². The molecular formula is C16H16Cl3N. The van der Waals surface area contributed by atoms with Gasteiger partial charge in [-0.05, 0) is 36.2 Å². The van der Waals surface area contributed by atoms with Gasteiger partial charge in [-0.15, -0.1) is 0 Å². The molecule has 0 aromatic heterocycles. The molecule has 0 aliphatic heterocycles. The van der Waals surface area contributed by atoms with Crippen molar-refractivity contribution < 1.29 is 0 Å². The molecule has 0 aliphatic carbocycles. The highest BCUT2D eigenvalue weighted by atomic mass is 35.5. The number of hydrogen-bond donors (Lipinski definition) is 1. The normalized spacial score (nSPS) is 12.4. The van der Waals surface area contributed by atoms with Gasteiger partial charge in [-0.2, -0.15) is 0 Å². The second-order valence-corrected chi connectivity index (χ2v) is 5.74. The van der Waals surface area contributed by atoms with Crippen molar-refractivity contribution in [3.63, 3.8) is 0 Å². The summed E-state index contributed by atoms with van der Waals surface area (Å²) in [7, 11) is 0. The zero-order valence-electron chi connectivity index (χ0n) is 11.2. The van der Waals surface area contributed by atoms with Crippen LogP contribution in [0.25, 0.3) is 0 Å². The summed E-state index contributed by atoms with van der Waals surface area (Å²) in [6, 6.07) is 13.7. The highest BCUT2D eigenvalue weighted by molar-refractivity contribution is 6.42. The predicted molar refractivity (Wildman–Crippen MR) is 88.0 cm³/mol. The average molecular weight is 329 g/mol. The van der Waals surface area contributed by atoms with Gasteiger partial charge in [-0.25, -0.2) is 0 Å². The first-order chi connectivity index (χ1) is 9.63. The van der Waals surface area contributed by atoms with Crippen LogP contribution in [0.15, 0.2) is 42.5 Å². The van der Waals surface area contributed by atoms with Crippen LogP contribution in [0.2, 0.25) is 15.1 Å². The average Bonchev–Trinajstić information content (AvgIpc) is 2.44. The topological polar surface area (TPSA) is 12.0 Å². The second kappa shape index (κ2) is 7.33. The molecule has 0 amide bonds. The van der Waals surface area contributed by atoms with Crippen molar-refractivity contribution in [2.75, 3.05) is 6.54 Å². The molecule has 4 heteroatoms. The van der Waals surface area contributed by atoms with Crippen molar-refractivity contribution in [3.05, 3.63) is 68.7 Å². The molecule has 1 atom stereocenters. The third kappa shape index (κ3) is 3.67. The number of benzene rings is 2. The van der Waals surface area contributed by atoms with Crippen molar-refractivity contribution in [2.45, 2.75) is 19.4 Å². The maximum Gasteiger partial charge on any atom is 0.0624 e. The predicted octanol–water partition coefficient (Wildman–Crippen LogP) is 5.54. The molecule has 1 nitrogen and oxygen atoms in total. The quantitative estimate of drug-likeness (QED) is 0.760. The number of nitrogens with one attached hydrogen (secondary N) is 1. The second-order valence-electron chi connectivity index (χ2n) is 4.55. The van der Waals surface area contributed by atoms with Crippen LogP contribution < -0.4 is 5.32 Å². The minimum atomic E-state index is 0.115. The largest absolute Gasteiger partial charge is 0.310 e. The maximum atomic E-state index is 6.29. The number of likely N-dealkylation sites (N-methyl/N-ethyl adjacent to an activating group) is 1. The lowest BCUT2D eigenvalue weighted by molar-refractivity contribution is 0.550. The molecule has 0 saturated heterocycles. The lowest BCUT2D eigenvalue weighted by atomic mass is 9.98. The zero-order valence-corrected chi connectivity index (χ0v) is 13.4. The fourth-order valence-corrected chi connectivity index (χ4v) is 2.89. The Morgan fingerprint density at radius 1 is 0.950 bits per heavy atom. The summed E-state index contributed by atoms with van der Waals surface area (Å²) in [5.74, 6) is 0. The van der Waals surface area contributed by atoms with Crippen molar-refractivity contribution in [1.29, 1.82) is 0 Å². The Balaban J connectivity index is 2.31. The first-order valence-corrected chi connectivity index (χ1v) is 7.67. The van der Waals surface area contributed by atoms with Gasteiger partial charge in [0.1, 0.15) is 0 Å². The van der Waals surface area contributed by atoms with Gasteiger partial charge < -0.3 is 5.32 Å². The lowest BCUT2D eigenvalue weighted by Gasteiger charge is -2.20. The summed E-state index contributed by atoms with van der Waals surface area (Å²) in [5, 5.41) is 5.41. The van der Waals surface area contributed by atoms with E-state index in [1.807, 2.05) is 36.4 Å². The Morgan fingerprint density at radius 3 is 2.35 bits per heavy atom. The van der Waals surface area contributed by atoms with Crippen LogP contribution in [0.5, 0.6) is 0 Å². The fourth-order valence-electron chi connectivity index (χ4n) is 2.22. The van der Waals surface area contributed by atoms with Crippen LogP contribution in [0.1, 0.15) is 24.1 Å². The van der Waals surface area contributed by atoms with E-state index in [4.69, 9.17) is 34.8 Å². The van der Waals surface area contributed by atoms with Crippen molar-refractivity contribution in [2.24, 2.45) is 0 Å².